The van der Waals surface area contributed by atoms with Crippen molar-refractivity contribution in [2.24, 2.45) is 0 Å². The molecule has 0 aliphatic carbocycles. The normalized spacial score (nSPS) is 14.7. The van der Waals surface area contributed by atoms with E-state index in [0.29, 0.717) is 41.7 Å². The highest BCUT2D eigenvalue weighted by Gasteiger charge is 2.37. The average molecular weight is 610 g/mol. The van der Waals surface area contributed by atoms with Gasteiger partial charge in [0.05, 0.1) is 28.2 Å². The van der Waals surface area contributed by atoms with Crippen molar-refractivity contribution in [3.63, 3.8) is 0 Å². The summed E-state index contributed by atoms with van der Waals surface area (Å²) in [6, 6.07) is 2.69. The predicted octanol–water partition coefficient (Wildman–Crippen LogP) is 6.19. The molecule has 1 aliphatic rings. The van der Waals surface area contributed by atoms with Gasteiger partial charge in [-0.15, -0.1) is 10.2 Å². The number of carbonyl (C=O) groups excluding carboxylic acids is 1. The highest BCUT2D eigenvalue weighted by atomic mass is 19.4. The first-order chi connectivity index (χ1) is 20.2. The number of alkyl halides is 6. The van der Waals surface area contributed by atoms with Crippen LogP contribution in [0.1, 0.15) is 47.4 Å². The molecule has 0 bridgehead atoms. The molecule has 43 heavy (non-hydrogen) atoms. The van der Waals surface area contributed by atoms with Gasteiger partial charge in [-0.3, -0.25) is 0 Å². The maximum Gasteiger partial charge on any atom is 0.451 e. The van der Waals surface area contributed by atoms with Crippen LogP contribution < -0.4 is 5.32 Å². The van der Waals surface area contributed by atoms with Crippen LogP contribution in [-0.4, -0.2) is 54.2 Å². The topological polar surface area (TPSA) is 123 Å². The Morgan fingerprint density at radius 1 is 0.953 bits per heavy atom. The highest BCUT2D eigenvalue weighted by molar-refractivity contribution is 5.90. The second-order valence-electron chi connectivity index (χ2n) is 9.64. The van der Waals surface area contributed by atoms with E-state index in [4.69, 9.17) is 4.42 Å². The summed E-state index contributed by atoms with van der Waals surface area (Å²) in [7, 11) is 0. The van der Waals surface area contributed by atoms with Crippen molar-refractivity contribution in [3.8, 4) is 23.0 Å². The van der Waals surface area contributed by atoms with E-state index in [1.54, 1.807) is 13.8 Å². The quantitative estimate of drug-likeness (QED) is 0.272. The molecule has 0 spiro atoms. The Morgan fingerprint density at radius 3 is 2.33 bits per heavy atom. The zero-order chi connectivity index (χ0) is 31.1. The van der Waals surface area contributed by atoms with Gasteiger partial charge >= 0.3 is 18.4 Å². The van der Waals surface area contributed by atoms with Crippen molar-refractivity contribution < 1.29 is 39.9 Å². The minimum absolute atomic E-state index is 0.0610. The fraction of sp³-hybridized carbons (Fsp3) is 0.346. The van der Waals surface area contributed by atoms with Crippen LogP contribution in [0, 0.1) is 19.7 Å². The molecule has 0 unspecified atom stereocenters. The number of hydrogen-bond donors (Lipinski definition) is 1. The van der Waals surface area contributed by atoms with Gasteiger partial charge in [0, 0.05) is 25.2 Å². The lowest BCUT2D eigenvalue weighted by atomic mass is 9.90. The number of nitrogens with one attached hydrogen (secondary N) is 1. The number of aryl methyl sites for hydroxylation is 2. The summed E-state index contributed by atoms with van der Waals surface area (Å²) in [4.78, 5) is 29.6. The molecular weight excluding hydrogens is 589 g/mol. The number of halogens is 7. The van der Waals surface area contributed by atoms with Crippen LogP contribution in [0.5, 0.6) is 0 Å². The van der Waals surface area contributed by atoms with Gasteiger partial charge in [-0.1, -0.05) is 6.07 Å². The lowest BCUT2D eigenvalue weighted by molar-refractivity contribution is -0.145. The van der Waals surface area contributed by atoms with E-state index in [1.807, 2.05) is 5.32 Å². The smallest absolute Gasteiger partial charge is 0.414 e. The largest absolute Gasteiger partial charge is 0.451 e. The molecular formula is C26H21F7N8O2. The van der Waals surface area contributed by atoms with Gasteiger partial charge in [0.25, 0.3) is 11.8 Å². The van der Waals surface area contributed by atoms with Crippen LogP contribution in [0.4, 0.5) is 41.2 Å². The standard InChI is InChI=1S/C26H21F7N8O2/c1-12-18(22-40-39-21(43-22)17-6-9-34-23(37-17)26(31,32)33)19(36-13(2)35-12)14-7-10-41(11-8-14)24(42)38-20-15(25(28,29)30)4-3-5-16(20)27/h3-6,9,14H,7-8,10-11H2,1-2H3,(H,38,42). The first kappa shape index (κ1) is 29.8. The molecule has 17 heteroatoms. The van der Waals surface area contributed by atoms with E-state index in [9.17, 15) is 35.5 Å². The Bertz CT molecular complexity index is 1660. The maximum atomic E-state index is 14.2. The number of para-hydroxylation sites is 1. The third-order valence-corrected chi connectivity index (χ3v) is 6.72. The van der Waals surface area contributed by atoms with E-state index >= 15 is 0 Å². The second kappa shape index (κ2) is 11.2. The maximum absolute atomic E-state index is 14.2. The van der Waals surface area contributed by atoms with Crippen LogP contribution >= 0.6 is 0 Å². The summed E-state index contributed by atoms with van der Waals surface area (Å²) in [5, 5.41) is 9.88. The molecule has 0 radical (unpaired) electrons. The Hall–Kier alpha value is -4.70. The third kappa shape index (κ3) is 6.24. The first-order valence-electron chi connectivity index (χ1n) is 12.7. The van der Waals surface area contributed by atoms with E-state index < -0.39 is 41.3 Å². The van der Waals surface area contributed by atoms with Gasteiger partial charge in [0.15, 0.2) is 0 Å². The minimum atomic E-state index is -4.88. The number of hydrogen-bond acceptors (Lipinski definition) is 8. The van der Waals surface area contributed by atoms with Crippen LogP contribution in [-0.2, 0) is 12.4 Å². The van der Waals surface area contributed by atoms with Crippen LogP contribution in [0.25, 0.3) is 23.0 Å². The number of aromatic nitrogens is 6. The molecule has 3 aromatic heterocycles. The van der Waals surface area contributed by atoms with Crippen molar-refractivity contribution in [1.82, 2.24) is 35.0 Å². The van der Waals surface area contributed by atoms with E-state index in [1.165, 1.54) is 11.0 Å². The number of anilines is 1. The number of benzene rings is 1. The van der Waals surface area contributed by atoms with Gasteiger partial charge in [-0.25, -0.2) is 29.1 Å². The molecule has 2 amide bonds. The van der Waals surface area contributed by atoms with Crippen LogP contribution in [0.3, 0.4) is 0 Å². The van der Waals surface area contributed by atoms with Crippen molar-refractivity contribution in [2.45, 2.75) is 45.0 Å². The Kier molecular flexibility index (Phi) is 7.74. The number of carbonyl (C=O) groups is 1. The van der Waals surface area contributed by atoms with Crippen molar-refractivity contribution >= 4 is 11.7 Å². The van der Waals surface area contributed by atoms with Gasteiger partial charge < -0.3 is 14.6 Å². The van der Waals surface area contributed by atoms with E-state index in [0.717, 1.165) is 18.3 Å². The summed E-state index contributed by atoms with van der Waals surface area (Å²) >= 11 is 0. The molecule has 1 N–H and O–H groups in total. The zero-order valence-electron chi connectivity index (χ0n) is 22.4. The van der Waals surface area contributed by atoms with Crippen molar-refractivity contribution in [2.75, 3.05) is 18.4 Å². The predicted molar refractivity (Wildman–Crippen MR) is 135 cm³/mol. The number of urea groups is 1. The van der Waals surface area contributed by atoms with Crippen LogP contribution in [0.2, 0.25) is 0 Å². The Morgan fingerprint density at radius 2 is 1.65 bits per heavy atom. The summed E-state index contributed by atoms with van der Waals surface area (Å²) < 4.78 is 99.2. The molecule has 4 aromatic rings. The van der Waals surface area contributed by atoms with Crippen molar-refractivity contribution in [3.05, 3.63) is 64.9 Å². The molecule has 226 valence electrons. The summed E-state index contributed by atoms with van der Waals surface area (Å²) in [6.45, 7) is 3.53. The number of rotatable bonds is 4. The fourth-order valence-electron chi connectivity index (χ4n) is 4.77. The number of nitrogens with zero attached hydrogens (tertiary/aromatic N) is 7. The van der Waals surface area contributed by atoms with Crippen molar-refractivity contribution in [1.29, 1.82) is 0 Å². The number of amides is 2. The van der Waals surface area contributed by atoms with Crippen LogP contribution in [0.15, 0.2) is 34.9 Å². The molecule has 4 heterocycles. The third-order valence-electron chi connectivity index (χ3n) is 6.72. The monoisotopic (exact) mass is 610 g/mol. The van der Waals surface area contributed by atoms with Gasteiger partial charge in [0.2, 0.25) is 5.82 Å². The van der Waals surface area contributed by atoms with E-state index in [-0.39, 0.29) is 36.5 Å². The lowest BCUT2D eigenvalue weighted by Gasteiger charge is -2.32. The minimum Gasteiger partial charge on any atom is -0.414 e. The molecule has 5 rings (SSSR count). The molecule has 0 saturated carbocycles. The molecule has 1 aliphatic heterocycles. The van der Waals surface area contributed by atoms with Gasteiger partial charge in [-0.05, 0) is 44.9 Å². The molecule has 10 nitrogen and oxygen atoms in total. The highest BCUT2D eigenvalue weighted by Crippen LogP contribution is 2.38. The second-order valence-corrected chi connectivity index (χ2v) is 9.64. The zero-order valence-corrected chi connectivity index (χ0v) is 22.4. The molecule has 1 aromatic carbocycles. The molecule has 1 fully saturated rings. The molecule has 1 saturated heterocycles. The Labute approximate surface area is 238 Å². The average Bonchev–Trinajstić information content (AvgIpc) is 3.42. The van der Waals surface area contributed by atoms with Gasteiger partial charge in [0.1, 0.15) is 17.3 Å². The van der Waals surface area contributed by atoms with Gasteiger partial charge in [-0.2, -0.15) is 26.3 Å². The first-order valence-corrected chi connectivity index (χ1v) is 12.7. The van der Waals surface area contributed by atoms with E-state index in [2.05, 4.69) is 30.1 Å². The summed E-state index contributed by atoms with van der Waals surface area (Å²) in [5.74, 6) is -2.81. The summed E-state index contributed by atoms with van der Waals surface area (Å²) in [6.07, 6.45) is -8.10. The summed E-state index contributed by atoms with van der Waals surface area (Å²) in [5.41, 5.74) is -1.19. The number of likely N-dealkylation sites (tertiary alicyclic amines) is 1. The SMILES string of the molecule is Cc1nc(C)c(-c2nnc(-c3ccnc(C(F)(F)F)n3)o2)c(C2CCN(C(=O)Nc3c(F)cccc3C(F)(F)F)CC2)n1. The Balaban J connectivity index is 1.36. The number of piperidine rings is 1. The lowest BCUT2D eigenvalue weighted by Crippen LogP contribution is -2.41. The molecule has 0 atom stereocenters. The fourth-order valence-corrected chi connectivity index (χ4v) is 4.77.